The number of nitrogens with zero attached hydrogens (tertiary/aromatic N) is 2. The highest BCUT2D eigenvalue weighted by molar-refractivity contribution is 9.10. The summed E-state index contributed by atoms with van der Waals surface area (Å²) in [4.78, 5) is 27.7. The average Bonchev–Trinajstić information content (AvgIpc) is 2.80. The van der Waals surface area contributed by atoms with Gasteiger partial charge in [0.05, 0.1) is 11.9 Å². The first-order valence-corrected chi connectivity index (χ1v) is 14.8. The maximum absolute atomic E-state index is 13.3. The Morgan fingerprint density at radius 2 is 1.64 bits per heavy atom. The molecule has 0 fully saturated rings. The number of halogens is 1. The predicted octanol–water partition coefficient (Wildman–Crippen LogP) is 4.80. The van der Waals surface area contributed by atoms with Crippen LogP contribution in [0.1, 0.15) is 50.3 Å². The van der Waals surface area contributed by atoms with Crippen molar-refractivity contribution in [1.29, 1.82) is 0 Å². The minimum Gasteiger partial charge on any atom is -0.354 e. The molecule has 2 rings (SSSR count). The van der Waals surface area contributed by atoms with Crippen molar-refractivity contribution in [3.8, 4) is 0 Å². The van der Waals surface area contributed by atoms with Crippen LogP contribution in [0.15, 0.2) is 46.9 Å². The molecule has 1 N–H and O–H groups in total. The van der Waals surface area contributed by atoms with Gasteiger partial charge in [-0.1, -0.05) is 48.0 Å². The average molecular weight is 581 g/mol. The number of carbonyl (C=O) groups excluding carboxylic acids is 2. The number of sulfonamides is 1. The van der Waals surface area contributed by atoms with Crippen molar-refractivity contribution in [2.45, 2.75) is 60.0 Å². The Kier molecular flexibility index (Phi) is 11.0. The van der Waals surface area contributed by atoms with Gasteiger partial charge in [-0.05, 0) is 74.1 Å². The molecular weight excluding hydrogens is 542 g/mol. The van der Waals surface area contributed by atoms with E-state index in [2.05, 4.69) is 21.2 Å². The van der Waals surface area contributed by atoms with Gasteiger partial charge < -0.3 is 10.2 Å². The maximum Gasteiger partial charge on any atom is 0.242 e. The number of amides is 2. The SMILES string of the molecule is Cc1ccc(N(CCCC(=O)N(Cc2ccc(Br)cc2)[C@@H](C)C(=O)NCC(C)C)S(C)(=O)=O)cc1C. The second-order valence-electron chi connectivity index (χ2n) is 9.67. The van der Waals surface area contributed by atoms with E-state index >= 15 is 0 Å². The first kappa shape index (κ1) is 29.8. The summed E-state index contributed by atoms with van der Waals surface area (Å²) in [6.45, 7) is 10.7. The van der Waals surface area contributed by atoms with Crippen LogP contribution in [0.3, 0.4) is 0 Å². The van der Waals surface area contributed by atoms with Crippen LogP contribution in [0.2, 0.25) is 0 Å². The van der Waals surface area contributed by atoms with Gasteiger partial charge >= 0.3 is 0 Å². The molecule has 0 saturated carbocycles. The number of benzene rings is 2. The fraction of sp³-hybridized carbons (Fsp3) is 0.481. The van der Waals surface area contributed by atoms with Gasteiger partial charge in [-0.15, -0.1) is 0 Å². The monoisotopic (exact) mass is 579 g/mol. The second-order valence-corrected chi connectivity index (χ2v) is 12.5. The van der Waals surface area contributed by atoms with Crippen LogP contribution in [-0.4, -0.2) is 50.5 Å². The van der Waals surface area contributed by atoms with Crippen LogP contribution < -0.4 is 9.62 Å². The summed E-state index contributed by atoms with van der Waals surface area (Å²) in [6.07, 6.45) is 1.62. The van der Waals surface area contributed by atoms with Gasteiger partial charge in [-0.2, -0.15) is 0 Å². The molecule has 1 atom stereocenters. The van der Waals surface area contributed by atoms with E-state index < -0.39 is 16.1 Å². The summed E-state index contributed by atoms with van der Waals surface area (Å²) >= 11 is 3.42. The van der Waals surface area contributed by atoms with E-state index in [4.69, 9.17) is 0 Å². The Labute approximate surface area is 224 Å². The number of aryl methyl sites for hydroxylation is 2. The van der Waals surface area contributed by atoms with Crippen LogP contribution >= 0.6 is 15.9 Å². The number of nitrogens with one attached hydrogen (secondary N) is 1. The van der Waals surface area contributed by atoms with Crippen molar-refractivity contribution in [3.63, 3.8) is 0 Å². The molecule has 0 bridgehead atoms. The number of rotatable bonds is 12. The molecule has 0 aliphatic heterocycles. The third-order valence-electron chi connectivity index (χ3n) is 6.05. The molecule has 2 aromatic rings. The van der Waals surface area contributed by atoms with E-state index in [-0.39, 0.29) is 31.3 Å². The van der Waals surface area contributed by atoms with Gasteiger partial charge in [0.15, 0.2) is 0 Å². The van der Waals surface area contributed by atoms with Crippen molar-refractivity contribution in [2.24, 2.45) is 5.92 Å². The molecule has 2 aromatic carbocycles. The van der Waals surface area contributed by atoms with Gasteiger partial charge in [0.25, 0.3) is 0 Å². The van der Waals surface area contributed by atoms with Crippen molar-refractivity contribution in [3.05, 3.63) is 63.6 Å². The highest BCUT2D eigenvalue weighted by Crippen LogP contribution is 2.22. The lowest BCUT2D eigenvalue weighted by Crippen LogP contribution is -2.48. The Bertz CT molecular complexity index is 1150. The zero-order chi connectivity index (χ0) is 27.0. The smallest absolute Gasteiger partial charge is 0.242 e. The first-order valence-electron chi connectivity index (χ1n) is 12.2. The molecule has 0 spiro atoms. The minimum absolute atomic E-state index is 0.120. The third kappa shape index (κ3) is 8.92. The molecule has 198 valence electrons. The zero-order valence-electron chi connectivity index (χ0n) is 22.0. The predicted molar refractivity (Wildman–Crippen MR) is 149 cm³/mol. The van der Waals surface area contributed by atoms with Crippen molar-refractivity contribution in [2.75, 3.05) is 23.7 Å². The molecule has 0 unspecified atom stereocenters. The molecule has 9 heteroatoms. The highest BCUT2D eigenvalue weighted by atomic mass is 79.9. The summed E-state index contributed by atoms with van der Waals surface area (Å²) in [6, 6.07) is 12.5. The number of hydrogen-bond acceptors (Lipinski definition) is 4. The van der Waals surface area contributed by atoms with Crippen LogP contribution in [0.4, 0.5) is 5.69 Å². The van der Waals surface area contributed by atoms with E-state index in [1.165, 1.54) is 10.6 Å². The van der Waals surface area contributed by atoms with Gasteiger partial charge in [-0.25, -0.2) is 8.42 Å². The zero-order valence-corrected chi connectivity index (χ0v) is 24.4. The molecule has 0 aromatic heterocycles. The summed E-state index contributed by atoms with van der Waals surface area (Å²) < 4.78 is 27.3. The Morgan fingerprint density at radius 1 is 1.00 bits per heavy atom. The summed E-state index contributed by atoms with van der Waals surface area (Å²) in [5, 5.41) is 2.91. The van der Waals surface area contributed by atoms with E-state index in [1.54, 1.807) is 17.9 Å². The van der Waals surface area contributed by atoms with Gasteiger partial charge in [-0.3, -0.25) is 13.9 Å². The third-order valence-corrected chi connectivity index (χ3v) is 7.77. The lowest BCUT2D eigenvalue weighted by Gasteiger charge is -2.29. The van der Waals surface area contributed by atoms with Crippen LogP contribution in [0, 0.1) is 19.8 Å². The van der Waals surface area contributed by atoms with Crippen LogP contribution in [0.25, 0.3) is 0 Å². The molecule has 7 nitrogen and oxygen atoms in total. The van der Waals surface area contributed by atoms with Crippen molar-refractivity contribution >= 4 is 43.5 Å². The Morgan fingerprint density at radius 3 is 2.19 bits per heavy atom. The molecular formula is C27H38BrN3O4S. The largest absolute Gasteiger partial charge is 0.354 e. The van der Waals surface area contributed by atoms with Crippen molar-refractivity contribution < 1.29 is 18.0 Å². The molecule has 0 radical (unpaired) electrons. The highest BCUT2D eigenvalue weighted by Gasteiger charge is 2.26. The molecule has 0 heterocycles. The van der Waals surface area contributed by atoms with Gasteiger partial charge in [0.1, 0.15) is 6.04 Å². The normalized spacial score (nSPS) is 12.3. The topological polar surface area (TPSA) is 86.8 Å². The fourth-order valence-electron chi connectivity index (χ4n) is 3.71. The number of anilines is 1. The van der Waals surface area contributed by atoms with E-state index in [0.717, 1.165) is 21.2 Å². The van der Waals surface area contributed by atoms with E-state index in [1.807, 2.05) is 64.1 Å². The summed E-state index contributed by atoms with van der Waals surface area (Å²) in [5.41, 5.74) is 3.57. The lowest BCUT2D eigenvalue weighted by molar-refractivity contribution is -0.140. The van der Waals surface area contributed by atoms with Crippen molar-refractivity contribution in [1.82, 2.24) is 10.2 Å². The van der Waals surface area contributed by atoms with Crippen LogP contribution in [0.5, 0.6) is 0 Å². The first-order chi connectivity index (χ1) is 16.8. The molecule has 2 amide bonds. The Balaban J connectivity index is 2.17. The molecule has 0 saturated heterocycles. The lowest BCUT2D eigenvalue weighted by atomic mass is 10.1. The minimum atomic E-state index is -3.52. The summed E-state index contributed by atoms with van der Waals surface area (Å²) in [7, 11) is -3.52. The van der Waals surface area contributed by atoms with Gasteiger partial charge in [0, 0.05) is 30.5 Å². The molecule has 36 heavy (non-hydrogen) atoms. The molecule has 0 aliphatic rings. The van der Waals surface area contributed by atoms with E-state index in [0.29, 0.717) is 24.6 Å². The second kappa shape index (κ2) is 13.2. The number of hydrogen-bond donors (Lipinski definition) is 1. The standard InChI is InChI=1S/C27H38BrN3O4S/c1-19(2)17-29-27(33)22(5)30(18-23-10-12-24(28)13-11-23)26(32)8-7-15-31(36(6,34)35)25-14-9-20(3)21(4)16-25/h9-14,16,19,22H,7-8,15,17-18H2,1-6H3,(H,29,33)/t22-/m0/s1. The quantitative estimate of drug-likeness (QED) is 0.391. The maximum atomic E-state index is 13.3. The van der Waals surface area contributed by atoms with Gasteiger partial charge in [0.2, 0.25) is 21.8 Å². The van der Waals surface area contributed by atoms with Crippen LogP contribution in [-0.2, 0) is 26.2 Å². The Hall–Kier alpha value is -2.39. The molecule has 0 aliphatic carbocycles. The van der Waals surface area contributed by atoms with E-state index in [9.17, 15) is 18.0 Å². The fourth-order valence-corrected chi connectivity index (χ4v) is 4.93. The number of carbonyl (C=O) groups is 2. The summed E-state index contributed by atoms with van der Waals surface area (Å²) in [5.74, 6) is -0.107.